The Morgan fingerprint density at radius 1 is 1.12 bits per heavy atom. The van der Waals surface area contributed by atoms with Crippen LogP contribution in [0.4, 0.5) is 22.7 Å². The molecule has 0 spiro atoms. The van der Waals surface area contributed by atoms with E-state index in [1.807, 2.05) is 17.0 Å². The van der Waals surface area contributed by atoms with Gasteiger partial charge in [-0.1, -0.05) is 11.6 Å². The number of azo groups is 1. The third kappa shape index (κ3) is 8.05. The number of nitrogens with zero attached hydrogens (tertiary/aromatic N) is 4. The van der Waals surface area contributed by atoms with E-state index >= 15 is 0 Å². The van der Waals surface area contributed by atoms with Crippen LogP contribution in [0.3, 0.4) is 0 Å². The maximum atomic E-state index is 11.8. The number of non-ortho nitro benzene ring substituents is 1. The number of Topliss-reactive ketones (excluding diaryl/α,β-unsaturated/α-hetero) is 1. The number of carbonyl (C=O) groups excluding carboxylic acids is 2. The highest BCUT2D eigenvalue weighted by Gasteiger charge is 2.12. The molecule has 2 aromatic rings. The maximum Gasteiger partial charge on any atom is 0.308 e. The third-order valence-corrected chi connectivity index (χ3v) is 4.52. The summed E-state index contributed by atoms with van der Waals surface area (Å²) in [6.07, 6.45) is 0.122. The fourth-order valence-electron chi connectivity index (χ4n) is 2.58. The Bertz CT molecular complexity index is 981. The molecule has 32 heavy (non-hydrogen) atoms. The zero-order valence-corrected chi connectivity index (χ0v) is 18.4. The predicted molar refractivity (Wildman–Crippen MR) is 119 cm³/mol. The van der Waals surface area contributed by atoms with Gasteiger partial charge in [0.2, 0.25) is 0 Å². The second-order valence-electron chi connectivity index (χ2n) is 6.70. The third-order valence-electron chi connectivity index (χ3n) is 4.22. The molecule has 0 saturated carbocycles. The zero-order valence-electron chi connectivity index (χ0n) is 17.7. The number of ether oxygens (including phenoxy) is 2. The Hall–Kier alpha value is -3.37. The summed E-state index contributed by atoms with van der Waals surface area (Å²) < 4.78 is 10.0. The topological polar surface area (TPSA) is 124 Å². The summed E-state index contributed by atoms with van der Waals surface area (Å²) in [7, 11) is 1.59. The van der Waals surface area contributed by atoms with Gasteiger partial charge in [-0.25, -0.2) is 0 Å². The Morgan fingerprint density at radius 2 is 1.84 bits per heavy atom. The van der Waals surface area contributed by atoms with Crippen LogP contribution in [-0.4, -0.2) is 50.1 Å². The van der Waals surface area contributed by atoms with Gasteiger partial charge in [0, 0.05) is 38.0 Å². The molecule has 0 bridgehead atoms. The lowest BCUT2D eigenvalue weighted by Crippen LogP contribution is -2.30. The lowest BCUT2D eigenvalue weighted by molar-refractivity contribution is -0.384. The van der Waals surface area contributed by atoms with E-state index < -0.39 is 10.9 Å². The molecular formula is C21H23ClN4O6. The second kappa shape index (κ2) is 12.5. The van der Waals surface area contributed by atoms with Crippen LogP contribution in [0.5, 0.6) is 0 Å². The van der Waals surface area contributed by atoms with Crippen molar-refractivity contribution >= 4 is 46.1 Å². The number of hydrogen-bond donors (Lipinski definition) is 0. The number of nitro benzene ring substituents is 1. The standard InChI is InChI=1S/C21H23ClN4O6/c1-15(27)14-32-21(28)9-10-25(11-12-31-2)17-5-3-16(4-6-17)23-24-20-8-7-18(26(29)30)13-19(20)22/h3-8,13H,9-12,14H2,1-2H3. The number of carbonyl (C=O) groups is 2. The van der Waals surface area contributed by atoms with Gasteiger partial charge in [-0.3, -0.25) is 19.7 Å². The van der Waals surface area contributed by atoms with Crippen molar-refractivity contribution in [3.63, 3.8) is 0 Å². The predicted octanol–water partition coefficient (Wildman–Crippen LogP) is 4.64. The van der Waals surface area contributed by atoms with E-state index in [9.17, 15) is 19.7 Å². The number of nitro groups is 1. The average Bonchev–Trinajstić information content (AvgIpc) is 2.77. The number of hydrogen-bond acceptors (Lipinski definition) is 9. The Labute approximate surface area is 189 Å². The van der Waals surface area contributed by atoms with Gasteiger partial charge in [0.1, 0.15) is 12.3 Å². The quantitative estimate of drug-likeness (QED) is 0.195. The first-order valence-corrected chi connectivity index (χ1v) is 10.0. The molecule has 11 heteroatoms. The van der Waals surface area contributed by atoms with Crippen molar-refractivity contribution in [2.24, 2.45) is 10.2 Å². The van der Waals surface area contributed by atoms with Gasteiger partial charge >= 0.3 is 5.97 Å². The first-order valence-electron chi connectivity index (χ1n) is 9.65. The Morgan fingerprint density at radius 3 is 2.44 bits per heavy atom. The number of esters is 1. The minimum Gasteiger partial charge on any atom is -0.458 e. The largest absolute Gasteiger partial charge is 0.458 e. The van der Waals surface area contributed by atoms with Gasteiger partial charge in [-0.15, -0.1) is 5.11 Å². The number of ketones is 1. The van der Waals surface area contributed by atoms with E-state index in [2.05, 4.69) is 10.2 Å². The maximum absolute atomic E-state index is 11.8. The van der Waals surface area contributed by atoms with E-state index in [-0.39, 0.29) is 29.5 Å². The van der Waals surface area contributed by atoms with Crippen molar-refractivity contribution < 1.29 is 24.0 Å². The van der Waals surface area contributed by atoms with Gasteiger partial charge in [0.15, 0.2) is 5.78 Å². The summed E-state index contributed by atoms with van der Waals surface area (Å²) in [5, 5.41) is 19.1. The van der Waals surface area contributed by atoms with Crippen molar-refractivity contribution in [3.8, 4) is 0 Å². The van der Waals surface area contributed by atoms with Crippen molar-refractivity contribution in [1.29, 1.82) is 0 Å². The van der Waals surface area contributed by atoms with Crippen molar-refractivity contribution in [3.05, 3.63) is 57.6 Å². The summed E-state index contributed by atoms with van der Waals surface area (Å²) in [5.74, 6) is -0.664. The molecule has 2 aromatic carbocycles. The molecule has 0 atom stereocenters. The molecule has 0 N–H and O–H groups in total. The van der Waals surface area contributed by atoms with E-state index in [0.717, 1.165) is 5.69 Å². The van der Waals surface area contributed by atoms with Crippen molar-refractivity contribution in [1.82, 2.24) is 0 Å². The highest BCUT2D eigenvalue weighted by Crippen LogP contribution is 2.30. The molecular weight excluding hydrogens is 440 g/mol. The summed E-state index contributed by atoms with van der Waals surface area (Å²) in [6.45, 7) is 2.53. The molecule has 0 amide bonds. The van der Waals surface area contributed by atoms with Crippen LogP contribution in [0, 0.1) is 10.1 Å². The van der Waals surface area contributed by atoms with Gasteiger partial charge in [0.05, 0.1) is 28.7 Å². The number of benzene rings is 2. The van der Waals surface area contributed by atoms with Crippen LogP contribution in [-0.2, 0) is 19.1 Å². The Kier molecular flexibility index (Phi) is 9.71. The van der Waals surface area contributed by atoms with Crippen LogP contribution < -0.4 is 4.90 Å². The van der Waals surface area contributed by atoms with E-state index in [1.54, 1.807) is 19.2 Å². The smallest absolute Gasteiger partial charge is 0.308 e. The molecule has 0 aromatic heterocycles. The fourth-order valence-corrected chi connectivity index (χ4v) is 2.80. The zero-order chi connectivity index (χ0) is 23.5. The minimum absolute atomic E-state index is 0.122. The Balaban J connectivity index is 2.04. The molecule has 0 heterocycles. The highest BCUT2D eigenvalue weighted by molar-refractivity contribution is 6.33. The minimum atomic E-state index is -0.538. The fraction of sp³-hybridized carbons (Fsp3) is 0.333. The number of halogens is 1. The average molecular weight is 463 g/mol. The second-order valence-corrected chi connectivity index (χ2v) is 7.11. The molecule has 0 unspecified atom stereocenters. The molecule has 170 valence electrons. The molecule has 0 aliphatic heterocycles. The van der Waals surface area contributed by atoms with Crippen LogP contribution in [0.1, 0.15) is 13.3 Å². The summed E-state index contributed by atoms with van der Waals surface area (Å²) >= 11 is 6.02. The lowest BCUT2D eigenvalue weighted by Gasteiger charge is -2.24. The van der Waals surface area contributed by atoms with Crippen LogP contribution in [0.25, 0.3) is 0 Å². The molecule has 2 rings (SSSR count). The van der Waals surface area contributed by atoms with Crippen LogP contribution >= 0.6 is 11.6 Å². The monoisotopic (exact) mass is 462 g/mol. The van der Waals surface area contributed by atoms with Gasteiger partial charge in [0.25, 0.3) is 5.69 Å². The molecule has 0 aliphatic carbocycles. The molecule has 0 radical (unpaired) electrons. The lowest BCUT2D eigenvalue weighted by atomic mass is 10.2. The molecule has 0 saturated heterocycles. The van der Waals surface area contributed by atoms with E-state index in [4.69, 9.17) is 21.1 Å². The number of anilines is 1. The van der Waals surface area contributed by atoms with Crippen molar-refractivity contribution in [2.45, 2.75) is 13.3 Å². The first kappa shape index (κ1) is 24.9. The first-order chi connectivity index (χ1) is 15.3. The van der Waals surface area contributed by atoms with Gasteiger partial charge < -0.3 is 14.4 Å². The SMILES string of the molecule is COCCN(CCC(=O)OCC(C)=O)c1ccc(N=Nc2ccc([N+](=O)[O-])cc2Cl)cc1. The van der Waals surface area contributed by atoms with Gasteiger partial charge in [-0.05, 0) is 37.3 Å². The highest BCUT2D eigenvalue weighted by atomic mass is 35.5. The normalized spacial score (nSPS) is 10.8. The van der Waals surface area contributed by atoms with Crippen molar-refractivity contribution in [2.75, 3.05) is 38.3 Å². The molecule has 0 aliphatic rings. The number of rotatable bonds is 12. The summed E-state index contributed by atoms with van der Waals surface area (Å²) in [6, 6.07) is 11.1. The molecule has 0 fully saturated rings. The van der Waals surface area contributed by atoms with E-state index in [0.29, 0.717) is 31.1 Å². The number of methoxy groups -OCH3 is 1. The summed E-state index contributed by atoms with van der Waals surface area (Å²) in [4.78, 5) is 34.9. The van der Waals surface area contributed by atoms with Gasteiger partial charge in [-0.2, -0.15) is 5.11 Å². The van der Waals surface area contributed by atoms with Crippen LogP contribution in [0.15, 0.2) is 52.7 Å². The molecule has 10 nitrogen and oxygen atoms in total. The summed E-state index contributed by atoms with van der Waals surface area (Å²) in [5.41, 5.74) is 1.58. The van der Waals surface area contributed by atoms with Crippen LogP contribution in [0.2, 0.25) is 5.02 Å². The van der Waals surface area contributed by atoms with E-state index in [1.165, 1.54) is 25.1 Å².